The summed E-state index contributed by atoms with van der Waals surface area (Å²) in [5, 5.41) is 3.23. The maximum absolute atomic E-state index is 5.09. The molecule has 0 fully saturated rings. The molecule has 0 aliphatic carbocycles. The average Bonchev–Trinajstić information content (AvgIpc) is 3.88. The molecule has 12 heteroatoms. The molecule has 2 aliphatic heterocycles. The van der Waals surface area contributed by atoms with E-state index in [2.05, 4.69) is 175 Å². The van der Waals surface area contributed by atoms with Gasteiger partial charge in [-0.1, -0.05) is 125 Å². The van der Waals surface area contributed by atoms with E-state index in [0.29, 0.717) is 0 Å². The Bertz CT molecular complexity index is 1710. The number of hydrogen-bond acceptors (Lipinski definition) is 10. The van der Waals surface area contributed by atoms with Gasteiger partial charge >= 0.3 is 0 Å². The minimum absolute atomic E-state index is 0.0451. The number of aliphatic imine (C=N–C) groups is 4. The summed E-state index contributed by atoms with van der Waals surface area (Å²) in [7, 11) is 4.01. The van der Waals surface area contributed by atoms with Crippen molar-refractivity contribution in [3.8, 4) is 0 Å². The number of thiazole rings is 1. The second-order valence-corrected chi connectivity index (χ2v) is 20.8. The molecule has 312 valence electrons. The maximum Gasteiger partial charge on any atom is 0.199 e. The molecule has 6 heterocycles. The Hall–Kier alpha value is -4.06. The molecule has 0 saturated heterocycles. The zero-order valence-corrected chi connectivity index (χ0v) is 39.3. The van der Waals surface area contributed by atoms with Crippen LogP contribution in [0.5, 0.6) is 0 Å². The number of aryl methyl sites for hydroxylation is 2. The van der Waals surface area contributed by atoms with Gasteiger partial charge in [0.1, 0.15) is 23.8 Å². The van der Waals surface area contributed by atoms with Crippen molar-refractivity contribution in [2.75, 3.05) is 13.1 Å². The molecular formula is C44H74N10OS. The maximum atomic E-state index is 5.09. The van der Waals surface area contributed by atoms with E-state index in [-0.39, 0.29) is 32.5 Å². The quantitative estimate of drug-likeness (QED) is 0.175. The zero-order chi connectivity index (χ0) is 43.2. The van der Waals surface area contributed by atoms with E-state index in [0.717, 1.165) is 42.2 Å². The Morgan fingerprint density at radius 1 is 0.571 bits per heavy atom. The Kier molecular flexibility index (Phi) is 18.7. The molecule has 6 rings (SSSR count). The first kappa shape index (κ1) is 50.0. The van der Waals surface area contributed by atoms with Gasteiger partial charge in [0.05, 0.1) is 36.3 Å². The molecule has 0 spiro atoms. The number of rotatable bonds is 0. The number of oxazole rings is 1. The van der Waals surface area contributed by atoms with Crippen LogP contribution in [0, 0.1) is 10.8 Å². The standard InChI is InChI=1S/2C8H14N2.2C7H12N2.C7H11NO.C7H11NS/c1-8(2,3)7-5-10(4)6-9-7;1-8(2,3)7-9-5-6-10(7)4;4*1-7(2,3)6-8-4-5-9-6/h2*5-6H,1-4H3;2*4H,5H2,1-3H3;2*4-5H,1-3H3. The molecule has 11 nitrogen and oxygen atoms in total. The lowest BCUT2D eigenvalue weighted by Gasteiger charge is -2.17. The molecule has 0 unspecified atom stereocenters. The first-order chi connectivity index (χ1) is 25.4. The summed E-state index contributed by atoms with van der Waals surface area (Å²) < 4.78 is 9.12. The molecule has 0 atom stereocenters. The molecule has 0 amide bonds. The van der Waals surface area contributed by atoms with Crippen LogP contribution in [0.3, 0.4) is 0 Å². The number of nitrogens with zero attached hydrogens (tertiary/aromatic N) is 10. The molecule has 0 bridgehead atoms. The molecule has 4 aromatic heterocycles. The topological polar surface area (TPSA) is 124 Å². The predicted molar refractivity (Wildman–Crippen MR) is 240 cm³/mol. The van der Waals surface area contributed by atoms with Gasteiger partial charge in [-0.2, -0.15) is 0 Å². The van der Waals surface area contributed by atoms with Gasteiger partial charge in [0.25, 0.3) is 0 Å². The summed E-state index contributed by atoms with van der Waals surface area (Å²) >= 11 is 1.72. The molecule has 56 heavy (non-hydrogen) atoms. The van der Waals surface area contributed by atoms with Gasteiger partial charge < -0.3 is 13.6 Å². The number of imidazole rings is 2. The van der Waals surface area contributed by atoms with Crippen molar-refractivity contribution in [3.63, 3.8) is 0 Å². The Balaban J connectivity index is 0.000000336. The summed E-state index contributed by atoms with van der Waals surface area (Å²) in [5.74, 6) is 3.88. The highest BCUT2D eigenvalue weighted by atomic mass is 32.1. The largest absolute Gasteiger partial charge is 0.448 e. The fourth-order valence-electron chi connectivity index (χ4n) is 4.53. The van der Waals surface area contributed by atoms with Gasteiger partial charge in [-0.15, -0.1) is 11.3 Å². The van der Waals surface area contributed by atoms with Crippen molar-refractivity contribution in [3.05, 3.63) is 71.4 Å². The Morgan fingerprint density at radius 2 is 1.11 bits per heavy atom. The number of hydrogen-bond donors (Lipinski definition) is 0. The molecule has 0 radical (unpaired) electrons. The van der Waals surface area contributed by atoms with Gasteiger partial charge in [0, 0.05) is 89.2 Å². The van der Waals surface area contributed by atoms with E-state index in [1.54, 1.807) is 23.8 Å². The molecule has 2 aliphatic rings. The van der Waals surface area contributed by atoms with Crippen LogP contribution in [-0.2, 0) is 35.8 Å². The van der Waals surface area contributed by atoms with E-state index >= 15 is 0 Å². The van der Waals surface area contributed by atoms with Crippen LogP contribution in [0.4, 0.5) is 0 Å². The fraction of sp³-hybridized carbons (Fsp3) is 0.636. The van der Waals surface area contributed by atoms with Gasteiger partial charge in [0.2, 0.25) is 0 Å². The van der Waals surface area contributed by atoms with Crippen LogP contribution < -0.4 is 0 Å². The monoisotopic (exact) mass is 791 g/mol. The van der Waals surface area contributed by atoms with Crippen LogP contribution in [0.25, 0.3) is 0 Å². The van der Waals surface area contributed by atoms with Crippen LogP contribution in [0.1, 0.15) is 147 Å². The van der Waals surface area contributed by atoms with Crippen molar-refractivity contribution in [2.45, 2.75) is 146 Å². The SMILES string of the molecule is CC(C)(C)C1=NCC=N1.CC(C)(C)C1=NCC=N1.CC(C)(C)c1ncco1.CC(C)(C)c1nccs1.Cn1ccnc1C(C)(C)C.Cn1cnc(C(C)(C)C)c1. The van der Waals surface area contributed by atoms with E-state index in [4.69, 9.17) is 4.42 Å². The summed E-state index contributed by atoms with van der Waals surface area (Å²) in [6, 6.07) is 0. The van der Waals surface area contributed by atoms with Crippen LogP contribution in [-0.4, -0.2) is 66.3 Å². The normalized spacial score (nSPS) is 14.0. The van der Waals surface area contributed by atoms with Crippen LogP contribution in [0.2, 0.25) is 0 Å². The van der Waals surface area contributed by atoms with Gasteiger partial charge in [-0.3, -0.25) is 9.98 Å². The minimum Gasteiger partial charge on any atom is -0.448 e. The van der Waals surface area contributed by atoms with Crippen molar-refractivity contribution >= 4 is 35.4 Å². The lowest BCUT2D eigenvalue weighted by atomic mass is 9.93. The third-order valence-electron chi connectivity index (χ3n) is 7.53. The summed E-state index contributed by atoms with van der Waals surface area (Å²) in [6.45, 7) is 40.0. The predicted octanol–water partition coefficient (Wildman–Crippen LogP) is 10.9. The third-order valence-corrected chi connectivity index (χ3v) is 8.73. The number of aromatic nitrogens is 6. The van der Waals surface area contributed by atoms with Gasteiger partial charge in [-0.25, -0.2) is 29.9 Å². The highest BCUT2D eigenvalue weighted by Crippen LogP contribution is 2.24. The van der Waals surface area contributed by atoms with E-state index in [1.807, 2.05) is 61.4 Å². The molecule has 0 saturated carbocycles. The summed E-state index contributed by atoms with van der Waals surface area (Å²) in [4.78, 5) is 33.4. The average molecular weight is 791 g/mol. The van der Waals surface area contributed by atoms with Gasteiger partial charge in [-0.05, 0) is 0 Å². The second-order valence-electron chi connectivity index (χ2n) is 19.9. The van der Waals surface area contributed by atoms with Crippen molar-refractivity contribution in [1.82, 2.24) is 29.1 Å². The van der Waals surface area contributed by atoms with E-state index in [1.165, 1.54) is 5.01 Å². The second kappa shape index (κ2) is 20.9. The molecule has 0 N–H and O–H groups in total. The Labute approximate surface area is 343 Å². The lowest BCUT2D eigenvalue weighted by Crippen LogP contribution is -2.16. The van der Waals surface area contributed by atoms with Crippen LogP contribution >= 0.6 is 11.3 Å². The third kappa shape index (κ3) is 19.2. The molecule has 4 aromatic rings. The van der Waals surface area contributed by atoms with E-state index in [9.17, 15) is 0 Å². The highest BCUT2D eigenvalue weighted by Gasteiger charge is 2.21. The first-order valence-corrected chi connectivity index (χ1v) is 20.2. The van der Waals surface area contributed by atoms with Crippen molar-refractivity contribution in [1.29, 1.82) is 0 Å². The minimum atomic E-state index is 0.0451. The zero-order valence-electron chi connectivity index (χ0n) is 38.5. The fourth-order valence-corrected chi connectivity index (χ4v) is 5.25. The Morgan fingerprint density at radius 3 is 1.29 bits per heavy atom. The molecule has 0 aromatic carbocycles. The first-order valence-electron chi connectivity index (χ1n) is 19.3. The van der Waals surface area contributed by atoms with Crippen LogP contribution in [0.15, 0.2) is 73.3 Å². The van der Waals surface area contributed by atoms with Crippen molar-refractivity contribution in [2.24, 2.45) is 44.9 Å². The summed E-state index contributed by atoms with van der Waals surface area (Å²) in [6.07, 6.45) is 16.5. The van der Waals surface area contributed by atoms with E-state index < -0.39 is 0 Å². The lowest BCUT2D eigenvalue weighted by molar-refractivity contribution is 0.392. The molecular weight excluding hydrogens is 717 g/mol. The summed E-state index contributed by atoms with van der Waals surface area (Å²) in [5.41, 5.74) is 2.03. The smallest absolute Gasteiger partial charge is 0.199 e. The number of amidine groups is 2. The van der Waals surface area contributed by atoms with Gasteiger partial charge in [0.15, 0.2) is 5.89 Å². The highest BCUT2D eigenvalue weighted by molar-refractivity contribution is 7.09. The van der Waals surface area contributed by atoms with Crippen molar-refractivity contribution < 1.29 is 4.42 Å².